The van der Waals surface area contributed by atoms with E-state index >= 15 is 0 Å². The quantitative estimate of drug-likeness (QED) is 0.753. The van der Waals surface area contributed by atoms with Crippen LogP contribution in [-0.2, 0) is 4.79 Å². The third-order valence-corrected chi connectivity index (χ3v) is 3.20. The fourth-order valence-electron chi connectivity index (χ4n) is 2.02. The van der Waals surface area contributed by atoms with E-state index in [2.05, 4.69) is 9.88 Å². The van der Waals surface area contributed by atoms with Crippen molar-refractivity contribution in [1.82, 2.24) is 4.98 Å². The van der Waals surface area contributed by atoms with Crippen molar-refractivity contribution in [3.63, 3.8) is 0 Å². The Labute approximate surface area is 94.4 Å². The number of amides is 1. The zero-order chi connectivity index (χ0) is 11.8. The zero-order valence-corrected chi connectivity index (χ0v) is 9.31. The summed E-state index contributed by atoms with van der Waals surface area (Å²) in [7, 11) is 0. The van der Waals surface area contributed by atoms with Gasteiger partial charge in [-0.1, -0.05) is 0 Å². The Morgan fingerprint density at radius 3 is 2.94 bits per heavy atom. The van der Waals surface area contributed by atoms with E-state index in [9.17, 15) is 4.79 Å². The summed E-state index contributed by atoms with van der Waals surface area (Å²) in [6.45, 7) is 3.37. The summed E-state index contributed by atoms with van der Waals surface area (Å²) in [5.41, 5.74) is 11.6. The van der Waals surface area contributed by atoms with Crippen LogP contribution in [0.5, 0.6) is 0 Å². The Morgan fingerprint density at radius 1 is 1.62 bits per heavy atom. The highest BCUT2D eigenvalue weighted by Gasteiger charge is 2.38. The van der Waals surface area contributed by atoms with E-state index in [1.165, 1.54) is 0 Å². The first-order chi connectivity index (χ1) is 7.51. The van der Waals surface area contributed by atoms with E-state index in [0.717, 1.165) is 18.7 Å². The van der Waals surface area contributed by atoms with Crippen LogP contribution in [0.1, 0.15) is 13.3 Å². The second-order valence-corrected chi connectivity index (χ2v) is 4.54. The maximum atomic E-state index is 11.3. The van der Waals surface area contributed by atoms with Crippen LogP contribution < -0.4 is 16.4 Å². The molecule has 1 atom stereocenters. The Bertz CT molecular complexity index is 420. The van der Waals surface area contributed by atoms with Crippen LogP contribution in [0.3, 0.4) is 0 Å². The van der Waals surface area contributed by atoms with Crippen molar-refractivity contribution >= 4 is 17.4 Å². The van der Waals surface area contributed by atoms with Crippen LogP contribution in [0.4, 0.5) is 11.5 Å². The summed E-state index contributed by atoms with van der Waals surface area (Å²) in [6, 6.07) is 3.70. The van der Waals surface area contributed by atoms with Gasteiger partial charge in [-0.25, -0.2) is 4.98 Å². The molecular weight excluding hydrogens is 204 g/mol. The molecule has 5 nitrogen and oxygen atoms in total. The van der Waals surface area contributed by atoms with Gasteiger partial charge in [-0.05, 0) is 19.4 Å². The highest BCUT2D eigenvalue weighted by atomic mass is 16.1. The molecule has 0 spiro atoms. The van der Waals surface area contributed by atoms with Crippen molar-refractivity contribution in [1.29, 1.82) is 0 Å². The minimum Gasteiger partial charge on any atom is -0.384 e. The van der Waals surface area contributed by atoms with Crippen molar-refractivity contribution in [2.45, 2.75) is 13.3 Å². The van der Waals surface area contributed by atoms with Crippen molar-refractivity contribution in [2.75, 3.05) is 23.7 Å². The lowest BCUT2D eigenvalue weighted by molar-refractivity contribution is -0.125. The molecule has 1 aromatic heterocycles. The third kappa shape index (κ3) is 1.80. The molecule has 86 valence electrons. The molecule has 2 rings (SSSR count). The summed E-state index contributed by atoms with van der Waals surface area (Å²) in [5.74, 6) is 0.252. The van der Waals surface area contributed by atoms with Crippen molar-refractivity contribution in [3.05, 3.63) is 18.3 Å². The van der Waals surface area contributed by atoms with Crippen LogP contribution >= 0.6 is 0 Å². The number of rotatable bonds is 2. The van der Waals surface area contributed by atoms with E-state index in [-0.39, 0.29) is 5.91 Å². The van der Waals surface area contributed by atoms with E-state index < -0.39 is 5.41 Å². The van der Waals surface area contributed by atoms with Gasteiger partial charge in [0.2, 0.25) is 5.91 Å². The van der Waals surface area contributed by atoms with Gasteiger partial charge in [0.05, 0.1) is 5.41 Å². The number of nitrogens with two attached hydrogens (primary N) is 2. The van der Waals surface area contributed by atoms with Gasteiger partial charge in [0, 0.05) is 31.0 Å². The summed E-state index contributed by atoms with van der Waals surface area (Å²) >= 11 is 0. The van der Waals surface area contributed by atoms with Crippen LogP contribution in [0.25, 0.3) is 0 Å². The van der Waals surface area contributed by atoms with Gasteiger partial charge in [0.15, 0.2) is 0 Å². The lowest BCUT2D eigenvalue weighted by Crippen LogP contribution is -2.37. The number of nitrogen functional groups attached to an aromatic ring is 1. The molecule has 1 unspecified atom stereocenters. The molecule has 5 heteroatoms. The molecule has 0 bridgehead atoms. The fraction of sp³-hybridized carbons (Fsp3) is 0.455. The molecule has 1 saturated heterocycles. The third-order valence-electron chi connectivity index (χ3n) is 3.20. The molecule has 1 aromatic rings. The Hall–Kier alpha value is -1.78. The number of carbonyl (C=O) groups excluding carboxylic acids is 1. The molecule has 0 aliphatic carbocycles. The van der Waals surface area contributed by atoms with Gasteiger partial charge in [-0.15, -0.1) is 0 Å². The summed E-state index contributed by atoms with van der Waals surface area (Å²) < 4.78 is 0. The Balaban J connectivity index is 2.18. The molecule has 1 aliphatic rings. The first-order valence-electron chi connectivity index (χ1n) is 5.28. The molecule has 0 saturated carbocycles. The molecule has 1 amide bonds. The first-order valence-corrected chi connectivity index (χ1v) is 5.28. The lowest BCUT2D eigenvalue weighted by Gasteiger charge is -2.22. The number of aromatic nitrogens is 1. The second kappa shape index (κ2) is 3.66. The van der Waals surface area contributed by atoms with Gasteiger partial charge >= 0.3 is 0 Å². The number of primary amides is 1. The smallest absolute Gasteiger partial charge is 0.225 e. The van der Waals surface area contributed by atoms with Crippen LogP contribution in [-0.4, -0.2) is 24.0 Å². The minimum absolute atomic E-state index is 0.239. The zero-order valence-electron chi connectivity index (χ0n) is 9.31. The molecule has 4 N–H and O–H groups in total. The Kier molecular flexibility index (Phi) is 2.46. The van der Waals surface area contributed by atoms with Gasteiger partial charge in [-0.3, -0.25) is 4.79 Å². The standard InChI is InChI=1S/C11H16N4O/c1-11(10(13)16)3-5-15(7-11)8-2-4-14-9(12)6-8/h2,4,6H,3,5,7H2,1H3,(H2,12,14)(H2,13,16). The number of nitrogens with zero attached hydrogens (tertiary/aromatic N) is 2. The average Bonchev–Trinajstić information content (AvgIpc) is 2.62. The van der Waals surface area contributed by atoms with Crippen molar-refractivity contribution in [2.24, 2.45) is 11.1 Å². The maximum absolute atomic E-state index is 11.3. The van der Waals surface area contributed by atoms with E-state index in [1.807, 2.05) is 19.1 Å². The SMILES string of the molecule is CC1(C(N)=O)CCN(c2ccnc(N)c2)C1. The molecule has 0 aromatic carbocycles. The fourth-order valence-corrected chi connectivity index (χ4v) is 2.02. The van der Waals surface area contributed by atoms with Gasteiger partial charge in [0.25, 0.3) is 0 Å². The molecular formula is C11H16N4O. The molecule has 1 fully saturated rings. The van der Waals surface area contributed by atoms with E-state index in [1.54, 1.807) is 6.20 Å². The number of carbonyl (C=O) groups is 1. The van der Waals surface area contributed by atoms with E-state index in [4.69, 9.17) is 11.5 Å². The summed E-state index contributed by atoms with van der Waals surface area (Å²) in [6.07, 6.45) is 2.45. The Morgan fingerprint density at radius 2 is 2.38 bits per heavy atom. The van der Waals surface area contributed by atoms with Crippen LogP contribution in [0.2, 0.25) is 0 Å². The summed E-state index contributed by atoms with van der Waals surface area (Å²) in [5, 5.41) is 0. The lowest BCUT2D eigenvalue weighted by atomic mass is 9.89. The summed E-state index contributed by atoms with van der Waals surface area (Å²) in [4.78, 5) is 17.4. The molecule has 2 heterocycles. The average molecular weight is 220 g/mol. The van der Waals surface area contributed by atoms with Gasteiger partial charge in [-0.2, -0.15) is 0 Å². The highest BCUT2D eigenvalue weighted by Crippen LogP contribution is 2.32. The first kappa shape index (κ1) is 10.7. The van der Waals surface area contributed by atoms with E-state index in [0.29, 0.717) is 12.4 Å². The number of hydrogen-bond acceptors (Lipinski definition) is 4. The predicted octanol–water partition coefficient (Wildman–Crippen LogP) is 0.365. The normalized spacial score (nSPS) is 24.7. The van der Waals surface area contributed by atoms with Gasteiger partial charge in [0.1, 0.15) is 5.82 Å². The molecule has 1 aliphatic heterocycles. The largest absolute Gasteiger partial charge is 0.384 e. The molecule has 16 heavy (non-hydrogen) atoms. The topological polar surface area (TPSA) is 85.2 Å². The number of hydrogen-bond donors (Lipinski definition) is 2. The highest BCUT2D eigenvalue weighted by molar-refractivity contribution is 5.82. The maximum Gasteiger partial charge on any atom is 0.225 e. The second-order valence-electron chi connectivity index (χ2n) is 4.54. The number of anilines is 2. The molecule has 0 radical (unpaired) electrons. The van der Waals surface area contributed by atoms with Gasteiger partial charge < -0.3 is 16.4 Å². The monoisotopic (exact) mass is 220 g/mol. The van der Waals surface area contributed by atoms with Crippen LogP contribution in [0.15, 0.2) is 18.3 Å². The minimum atomic E-state index is -0.433. The predicted molar refractivity (Wildman–Crippen MR) is 62.8 cm³/mol. The van der Waals surface area contributed by atoms with Crippen molar-refractivity contribution in [3.8, 4) is 0 Å². The number of pyridine rings is 1. The van der Waals surface area contributed by atoms with Crippen molar-refractivity contribution < 1.29 is 4.79 Å². The van der Waals surface area contributed by atoms with Crippen LogP contribution in [0, 0.1) is 5.41 Å².